The van der Waals surface area contributed by atoms with Gasteiger partial charge in [0.15, 0.2) is 0 Å². The lowest BCUT2D eigenvalue weighted by Gasteiger charge is -2.23. The first-order chi connectivity index (χ1) is 9.33. The molecule has 2 aliphatic rings. The molecule has 104 valence electrons. The molecule has 1 saturated heterocycles. The largest absolute Gasteiger partial charge is 0.376 e. The van der Waals surface area contributed by atoms with Crippen LogP contribution in [0.4, 0.5) is 4.79 Å². The van der Waals surface area contributed by atoms with E-state index in [1.807, 2.05) is 4.90 Å². The molecule has 3 rings (SSSR count). The summed E-state index contributed by atoms with van der Waals surface area (Å²) in [4.78, 5) is 14.2. The van der Waals surface area contributed by atoms with Gasteiger partial charge in [-0.1, -0.05) is 0 Å². The maximum absolute atomic E-state index is 12.3. The van der Waals surface area contributed by atoms with Crippen molar-refractivity contribution in [3.63, 3.8) is 0 Å². The van der Waals surface area contributed by atoms with Crippen LogP contribution >= 0.6 is 11.3 Å². The van der Waals surface area contributed by atoms with Gasteiger partial charge >= 0.3 is 6.03 Å². The maximum Gasteiger partial charge on any atom is 0.318 e. The zero-order valence-electron chi connectivity index (χ0n) is 11.0. The Bertz CT molecular complexity index is 411. The lowest BCUT2D eigenvalue weighted by Crippen LogP contribution is -2.43. The first-order valence-electron chi connectivity index (χ1n) is 7.00. The monoisotopic (exact) mass is 280 g/mol. The van der Waals surface area contributed by atoms with Crippen LogP contribution in [0.1, 0.15) is 31.2 Å². The van der Waals surface area contributed by atoms with Gasteiger partial charge in [0.1, 0.15) is 0 Å². The van der Waals surface area contributed by atoms with E-state index in [1.165, 1.54) is 5.56 Å². The molecule has 0 radical (unpaired) electrons. The maximum atomic E-state index is 12.3. The topological polar surface area (TPSA) is 41.6 Å². The number of rotatable bonds is 5. The molecule has 2 fully saturated rings. The minimum atomic E-state index is 0.0594. The molecular weight excluding hydrogens is 260 g/mol. The van der Waals surface area contributed by atoms with Crippen molar-refractivity contribution < 1.29 is 9.53 Å². The van der Waals surface area contributed by atoms with Crippen molar-refractivity contribution in [1.82, 2.24) is 10.2 Å². The van der Waals surface area contributed by atoms with Gasteiger partial charge in [-0.2, -0.15) is 11.3 Å². The standard InChI is InChI=1S/C14H20N2O2S/c17-14(15-8-13-2-1-6-18-13)16(12-3-4-12)9-11-5-7-19-10-11/h5,7,10,12-13H,1-4,6,8-9H2,(H,15,17)/t13-/m1/s1. The Morgan fingerprint density at radius 2 is 2.37 bits per heavy atom. The Labute approximate surface area is 117 Å². The molecule has 5 heteroatoms. The lowest BCUT2D eigenvalue weighted by atomic mass is 10.2. The summed E-state index contributed by atoms with van der Waals surface area (Å²) in [5.41, 5.74) is 1.23. The molecule has 0 unspecified atom stereocenters. The van der Waals surface area contributed by atoms with Gasteiger partial charge in [-0.3, -0.25) is 0 Å². The molecule has 0 bridgehead atoms. The predicted molar refractivity (Wildman–Crippen MR) is 75.3 cm³/mol. The highest BCUT2D eigenvalue weighted by Gasteiger charge is 2.32. The summed E-state index contributed by atoms with van der Waals surface area (Å²) in [5.74, 6) is 0. The van der Waals surface area contributed by atoms with E-state index in [-0.39, 0.29) is 12.1 Å². The predicted octanol–water partition coefficient (Wildman–Crippen LogP) is 2.60. The minimum Gasteiger partial charge on any atom is -0.376 e. The number of ether oxygens (including phenoxy) is 1. The molecule has 1 aliphatic carbocycles. The zero-order chi connectivity index (χ0) is 13.1. The molecule has 0 aromatic carbocycles. The van der Waals surface area contributed by atoms with Gasteiger partial charge < -0.3 is 15.0 Å². The number of nitrogens with one attached hydrogen (secondary N) is 1. The summed E-state index contributed by atoms with van der Waals surface area (Å²) >= 11 is 1.68. The SMILES string of the molecule is O=C(NC[C@H]1CCCO1)N(Cc1ccsc1)C1CC1. The number of urea groups is 1. The second-order valence-electron chi connectivity index (χ2n) is 5.31. The third kappa shape index (κ3) is 3.48. The van der Waals surface area contributed by atoms with Crippen LogP contribution in [0.3, 0.4) is 0 Å². The van der Waals surface area contributed by atoms with Crippen molar-refractivity contribution in [1.29, 1.82) is 0 Å². The van der Waals surface area contributed by atoms with Crippen molar-refractivity contribution in [3.05, 3.63) is 22.4 Å². The highest BCUT2D eigenvalue weighted by molar-refractivity contribution is 7.07. The molecule has 19 heavy (non-hydrogen) atoms. The summed E-state index contributed by atoms with van der Waals surface area (Å²) < 4.78 is 5.53. The molecule has 1 saturated carbocycles. The van der Waals surface area contributed by atoms with E-state index in [2.05, 4.69) is 22.1 Å². The summed E-state index contributed by atoms with van der Waals surface area (Å²) in [7, 11) is 0. The van der Waals surface area contributed by atoms with E-state index in [0.29, 0.717) is 12.6 Å². The van der Waals surface area contributed by atoms with Gasteiger partial charge in [0.25, 0.3) is 0 Å². The third-order valence-corrected chi connectivity index (χ3v) is 4.42. The van der Waals surface area contributed by atoms with Crippen LogP contribution in [0, 0.1) is 0 Å². The second-order valence-corrected chi connectivity index (χ2v) is 6.09. The summed E-state index contributed by atoms with van der Waals surface area (Å²) in [6.07, 6.45) is 4.66. The zero-order valence-corrected chi connectivity index (χ0v) is 11.8. The Hall–Kier alpha value is -1.07. The van der Waals surface area contributed by atoms with Crippen molar-refractivity contribution in [3.8, 4) is 0 Å². The van der Waals surface area contributed by atoms with Crippen LogP contribution in [-0.2, 0) is 11.3 Å². The summed E-state index contributed by atoms with van der Waals surface area (Å²) in [5, 5.41) is 7.20. The number of nitrogens with zero attached hydrogens (tertiary/aromatic N) is 1. The molecule has 1 aromatic rings. The van der Waals surface area contributed by atoms with Gasteiger partial charge in [0, 0.05) is 25.7 Å². The first kappa shape index (κ1) is 12.9. The fourth-order valence-electron chi connectivity index (χ4n) is 2.44. The Balaban J connectivity index is 1.52. The molecule has 2 amide bonds. The van der Waals surface area contributed by atoms with Crippen molar-refractivity contribution in [2.75, 3.05) is 13.2 Å². The number of carbonyl (C=O) groups excluding carboxylic acids is 1. The highest BCUT2D eigenvalue weighted by Crippen LogP contribution is 2.28. The third-order valence-electron chi connectivity index (χ3n) is 3.69. The number of amides is 2. The fourth-order valence-corrected chi connectivity index (χ4v) is 3.10. The molecule has 0 spiro atoms. The number of thiophene rings is 1. The molecule has 4 nitrogen and oxygen atoms in total. The summed E-state index contributed by atoms with van der Waals surface area (Å²) in [6, 6.07) is 2.58. The van der Waals surface area contributed by atoms with Crippen molar-refractivity contribution in [2.24, 2.45) is 0 Å². The van der Waals surface area contributed by atoms with Crippen LogP contribution in [0.15, 0.2) is 16.8 Å². The van der Waals surface area contributed by atoms with E-state index < -0.39 is 0 Å². The van der Waals surface area contributed by atoms with Gasteiger partial charge in [0.2, 0.25) is 0 Å². The average molecular weight is 280 g/mol. The Morgan fingerprint density at radius 1 is 1.47 bits per heavy atom. The number of carbonyl (C=O) groups is 1. The first-order valence-corrected chi connectivity index (χ1v) is 7.94. The minimum absolute atomic E-state index is 0.0594. The Morgan fingerprint density at radius 3 is 3.00 bits per heavy atom. The quantitative estimate of drug-likeness (QED) is 0.900. The molecule has 1 aromatic heterocycles. The fraction of sp³-hybridized carbons (Fsp3) is 0.643. The van der Waals surface area contributed by atoms with Crippen LogP contribution in [0.2, 0.25) is 0 Å². The van der Waals surface area contributed by atoms with Crippen LogP contribution in [-0.4, -0.2) is 36.2 Å². The second kappa shape index (κ2) is 5.92. The Kier molecular flexibility index (Phi) is 4.03. The average Bonchev–Trinajstić information content (AvgIpc) is 2.94. The van der Waals surface area contributed by atoms with Crippen LogP contribution in [0.25, 0.3) is 0 Å². The van der Waals surface area contributed by atoms with Gasteiger partial charge in [-0.05, 0) is 48.1 Å². The van der Waals surface area contributed by atoms with Crippen molar-refractivity contribution >= 4 is 17.4 Å². The number of hydrogen-bond donors (Lipinski definition) is 1. The van der Waals surface area contributed by atoms with E-state index in [9.17, 15) is 4.79 Å². The lowest BCUT2D eigenvalue weighted by molar-refractivity contribution is 0.108. The molecule has 1 aliphatic heterocycles. The van der Waals surface area contributed by atoms with E-state index in [0.717, 1.165) is 38.8 Å². The van der Waals surface area contributed by atoms with Gasteiger partial charge in [0.05, 0.1) is 6.10 Å². The molecule has 1 N–H and O–H groups in total. The van der Waals surface area contributed by atoms with Crippen molar-refractivity contribution in [2.45, 2.75) is 44.4 Å². The number of hydrogen-bond acceptors (Lipinski definition) is 3. The highest BCUT2D eigenvalue weighted by atomic mass is 32.1. The van der Waals surface area contributed by atoms with Crippen LogP contribution in [0.5, 0.6) is 0 Å². The molecule has 2 heterocycles. The van der Waals surface area contributed by atoms with E-state index in [4.69, 9.17) is 4.74 Å². The van der Waals surface area contributed by atoms with E-state index >= 15 is 0 Å². The molecular formula is C14H20N2O2S. The van der Waals surface area contributed by atoms with Gasteiger partial charge in [-0.25, -0.2) is 4.79 Å². The smallest absolute Gasteiger partial charge is 0.318 e. The molecule has 1 atom stereocenters. The van der Waals surface area contributed by atoms with Gasteiger partial charge in [-0.15, -0.1) is 0 Å². The van der Waals surface area contributed by atoms with Crippen LogP contribution < -0.4 is 5.32 Å². The van der Waals surface area contributed by atoms with E-state index in [1.54, 1.807) is 11.3 Å². The normalized spacial score (nSPS) is 22.4. The summed E-state index contributed by atoms with van der Waals surface area (Å²) in [6.45, 7) is 2.21.